The van der Waals surface area contributed by atoms with Crippen LogP contribution in [0.1, 0.15) is 16.0 Å². The second kappa shape index (κ2) is 3.72. The van der Waals surface area contributed by atoms with E-state index in [0.717, 1.165) is 26.1 Å². The topological polar surface area (TPSA) is 34.1 Å². The lowest BCUT2D eigenvalue weighted by Gasteiger charge is -2.01. The standard InChI is InChI=1S/C11H11ClO2S2/c1-6-4-5-7(2)10-9(6)11(8(3)15-10)16(12,13)14/h4-5H,1-3H3. The Kier molecular flexibility index (Phi) is 2.77. The predicted octanol–water partition coefficient (Wildman–Crippen LogP) is 3.75. The Morgan fingerprint density at radius 1 is 1.12 bits per heavy atom. The van der Waals surface area contributed by atoms with E-state index in [9.17, 15) is 8.42 Å². The quantitative estimate of drug-likeness (QED) is 0.742. The van der Waals surface area contributed by atoms with Gasteiger partial charge in [-0.15, -0.1) is 11.3 Å². The highest BCUT2D eigenvalue weighted by Crippen LogP contribution is 2.39. The van der Waals surface area contributed by atoms with Crippen LogP contribution in [0.25, 0.3) is 10.1 Å². The van der Waals surface area contributed by atoms with Gasteiger partial charge in [-0.2, -0.15) is 0 Å². The summed E-state index contributed by atoms with van der Waals surface area (Å²) < 4.78 is 24.1. The summed E-state index contributed by atoms with van der Waals surface area (Å²) in [5, 5.41) is 0.775. The van der Waals surface area contributed by atoms with Crippen LogP contribution < -0.4 is 0 Å². The fraction of sp³-hybridized carbons (Fsp3) is 0.273. The first-order valence-electron chi connectivity index (χ1n) is 4.76. The minimum atomic E-state index is -3.67. The third-order valence-electron chi connectivity index (χ3n) is 2.61. The van der Waals surface area contributed by atoms with Gasteiger partial charge in [0, 0.05) is 25.6 Å². The monoisotopic (exact) mass is 274 g/mol. The fourth-order valence-corrected chi connectivity index (χ4v) is 5.05. The molecule has 0 saturated heterocycles. The van der Waals surface area contributed by atoms with Crippen LogP contribution in [0.4, 0.5) is 0 Å². The van der Waals surface area contributed by atoms with Crippen molar-refractivity contribution in [3.05, 3.63) is 28.1 Å². The molecule has 0 amide bonds. The summed E-state index contributed by atoms with van der Waals surface area (Å²) in [6.07, 6.45) is 0. The van der Waals surface area contributed by atoms with Crippen LogP contribution in [-0.2, 0) is 9.05 Å². The van der Waals surface area contributed by atoms with Gasteiger partial charge in [-0.1, -0.05) is 12.1 Å². The van der Waals surface area contributed by atoms with Crippen LogP contribution in [0.15, 0.2) is 17.0 Å². The molecule has 0 spiro atoms. The molecule has 0 N–H and O–H groups in total. The molecular weight excluding hydrogens is 264 g/mol. The average Bonchev–Trinajstić information content (AvgIpc) is 2.49. The molecular formula is C11H11ClO2S2. The van der Waals surface area contributed by atoms with E-state index in [2.05, 4.69) is 0 Å². The largest absolute Gasteiger partial charge is 0.263 e. The van der Waals surface area contributed by atoms with Crippen molar-refractivity contribution in [1.82, 2.24) is 0 Å². The normalized spacial score (nSPS) is 12.2. The number of halogens is 1. The van der Waals surface area contributed by atoms with Crippen LogP contribution in [-0.4, -0.2) is 8.42 Å². The smallest absolute Gasteiger partial charge is 0.207 e. The van der Waals surface area contributed by atoms with Crippen LogP contribution in [0, 0.1) is 20.8 Å². The van der Waals surface area contributed by atoms with E-state index >= 15 is 0 Å². The molecule has 1 aromatic carbocycles. The highest BCUT2D eigenvalue weighted by Gasteiger charge is 2.22. The zero-order valence-corrected chi connectivity index (χ0v) is 11.6. The number of aryl methyl sites for hydroxylation is 3. The summed E-state index contributed by atoms with van der Waals surface area (Å²) in [6, 6.07) is 3.92. The molecule has 0 aliphatic carbocycles. The van der Waals surface area contributed by atoms with E-state index in [1.165, 1.54) is 11.3 Å². The summed E-state index contributed by atoms with van der Waals surface area (Å²) in [5.41, 5.74) is 2.03. The highest BCUT2D eigenvalue weighted by atomic mass is 35.7. The third-order valence-corrected chi connectivity index (χ3v) is 5.44. The number of hydrogen-bond donors (Lipinski definition) is 0. The van der Waals surface area contributed by atoms with Gasteiger partial charge in [0.25, 0.3) is 9.05 Å². The Morgan fingerprint density at radius 3 is 2.25 bits per heavy atom. The van der Waals surface area contributed by atoms with Crippen molar-refractivity contribution >= 4 is 41.2 Å². The van der Waals surface area contributed by atoms with Crippen molar-refractivity contribution in [1.29, 1.82) is 0 Å². The Labute approximate surface area is 103 Å². The molecule has 0 atom stereocenters. The van der Waals surface area contributed by atoms with Crippen LogP contribution in [0.3, 0.4) is 0 Å². The Balaban J connectivity index is 3.06. The van der Waals surface area contributed by atoms with E-state index in [1.807, 2.05) is 26.0 Å². The van der Waals surface area contributed by atoms with Gasteiger partial charge in [0.15, 0.2) is 0 Å². The first-order valence-corrected chi connectivity index (χ1v) is 7.89. The van der Waals surface area contributed by atoms with Crippen molar-refractivity contribution in [2.45, 2.75) is 25.7 Å². The van der Waals surface area contributed by atoms with Gasteiger partial charge in [0.1, 0.15) is 4.90 Å². The van der Waals surface area contributed by atoms with Crippen molar-refractivity contribution in [3.63, 3.8) is 0 Å². The van der Waals surface area contributed by atoms with Gasteiger partial charge in [-0.05, 0) is 31.9 Å². The van der Waals surface area contributed by atoms with E-state index in [0.29, 0.717) is 0 Å². The van der Waals surface area contributed by atoms with Gasteiger partial charge >= 0.3 is 0 Å². The van der Waals surface area contributed by atoms with E-state index < -0.39 is 9.05 Å². The molecule has 5 heteroatoms. The molecule has 2 rings (SSSR count). The lowest BCUT2D eigenvalue weighted by molar-refractivity contribution is 0.610. The maximum absolute atomic E-state index is 11.6. The molecule has 1 heterocycles. The van der Waals surface area contributed by atoms with Gasteiger partial charge in [0.05, 0.1) is 0 Å². The molecule has 16 heavy (non-hydrogen) atoms. The van der Waals surface area contributed by atoms with E-state index in [-0.39, 0.29) is 4.90 Å². The lowest BCUT2D eigenvalue weighted by atomic mass is 10.1. The maximum atomic E-state index is 11.6. The van der Waals surface area contributed by atoms with E-state index in [4.69, 9.17) is 10.7 Å². The molecule has 1 aromatic heterocycles. The van der Waals surface area contributed by atoms with Crippen molar-refractivity contribution < 1.29 is 8.42 Å². The average molecular weight is 275 g/mol. The van der Waals surface area contributed by atoms with Gasteiger partial charge < -0.3 is 0 Å². The Morgan fingerprint density at radius 2 is 1.69 bits per heavy atom. The first-order chi connectivity index (χ1) is 7.32. The first kappa shape index (κ1) is 11.9. The molecule has 0 radical (unpaired) electrons. The van der Waals surface area contributed by atoms with Gasteiger partial charge in [-0.3, -0.25) is 0 Å². The highest BCUT2D eigenvalue weighted by molar-refractivity contribution is 8.14. The van der Waals surface area contributed by atoms with Crippen molar-refractivity contribution in [2.24, 2.45) is 0 Å². The molecule has 86 valence electrons. The molecule has 0 unspecified atom stereocenters. The Bertz CT molecular complexity index is 669. The summed E-state index contributed by atoms with van der Waals surface area (Å²) >= 11 is 1.48. The van der Waals surface area contributed by atoms with Gasteiger partial charge in [0.2, 0.25) is 0 Å². The number of hydrogen-bond acceptors (Lipinski definition) is 3. The summed E-state index contributed by atoms with van der Waals surface area (Å²) in [7, 11) is 1.81. The van der Waals surface area contributed by atoms with E-state index in [1.54, 1.807) is 6.92 Å². The number of thiophene rings is 1. The molecule has 2 aromatic rings. The molecule has 0 bridgehead atoms. The summed E-state index contributed by atoms with van der Waals surface area (Å²) in [6.45, 7) is 5.67. The second-order valence-electron chi connectivity index (χ2n) is 3.83. The number of fused-ring (bicyclic) bond motifs is 1. The van der Waals surface area contributed by atoms with Crippen LogP contribution in [0.5, 0.6) is 0 Å². The predicted molar refractivity (Wildman–Crippen MR) is 69.1 cm³/mol. The van der Waals surface area contributed by atoms with Crippen LogP contribution in [0.2, 0.25) is 0 Å². The molecule has 0 fully saturated rings. The second-order valence-corrected chi connectivity index (χ2v) is 7.56. The summed E-state index contributed by atoms with van der Waals surface area (Å²) in [5.74, 6) is 0. The minimum Gasteiger partial charge on any atom is -0.207 e. The fourth-order valence-electron chi connectivity index (χ4n) is 1.87. The van der Waals surface area contributed by atoms with Gasteiger partial charge in [-0.25, -0.2) is 8.42 Å². The van der Waals surface area contributed by atoms with Crippen LogP contribution >= 0.6 is 22.0 Å². The molecule has 0 saturated carbocycles. The lowest BCUT2D eigenvalue weighted by Crippen LogP contribution is -1.92. The SMILES string of the molecule is Cc1sc2c(C)ccc(C)c2c1S(=O)(=O)Cl. The maximum Gasteiger partial charge on any atom is 0.263 e. The van der Waals surface area contributed by atoms with Crippen molar-refractivity contribution in [2.75, 3.05) is 0 Å². The molecule has 0 aliphatic rings. The third kappa shape index (κ3) is 1.75. The summed E-state index contributed by atoms with van der Waals surface area (Å²) in [4.78, 5) is 1.03. The van der Waals surface area contributed by atoms with Crippen molar-refractivity contribution in [3.8, 4) is 0 Å². The zero-order chi connectivity index (χ0) is 12.1. The number of rotatable bonds is 1. The zero-order valence-electron chi connectivity index (χ0n) is 9.17. The minimum absolute atomic E-state index is 0.273. The molecule has 2 nitrogen and oxygen atoms in total. The Hall–Kier alpha value is -0.580. The molecule has 0 aliphatic heterocycles. The number of benzene rings is 1.